The molecule has 0 bridgehead atoms. The third kappa shape index (κ3) is 2.68. The molecule has 1 aromatic heterocycles. The molecule has 0 aliphatic rings. The van der Waals surface area contributed by atoms with E-state index in [4.69, 9.17) is 10.2 Å². The Hall–Kier alpha value is -1.75. The van der Waals surface area contributed by atoms with Crippen LogP contribution in [0, 0.1) is 0 Å². The van der Waals surface area contributed by atoms with Crippen molar-refractivity contribution in [3.05, 3.63) is 52.3 Å². The fourth-order valence-electron chi connectivity index (χ4n) is 1.51. The zero-order chi connectivity index (χ0) is 12.4. The first-order valence-electron chi connectivity index (χ1n) is 4.93. The predicted molar refractivity (Wildman–Crippen MR) is 66.3 cm³/mol. The lowest BCUT2D eigenvalue weighted by Crippen LogP contribution is -1.99. The molecule has 0 saturated heterocycles. The lowest BCUT2D eigenvalue weighted by Gasteiger charge is -2.05. The van der Waals surface area contributed by atoms with Gasteiger partial charge < -0.3 is 14.8 Å². The summed E-state index contributed by atoms with van der Waals surface area (Å²) >= 11 is 3.31. The van der Waals surface area contributed by atoms with Gasteiger partial charge in [0.2, 0.25) is 0 Å². The second kappa shape index (κ2) is 4.63. The van der Waals surface area contributed by atoms with Gasteiger partial charge in [-0.1, -0.05) is 12.1 Å². The van der Waals surface area contributed by atoms with Gasteiger partial charge in [0.15, 0.2) is 0 Å². The van der Waals surface area contributed by atoms with Gasteiger partial charge >= 0.3 is 5.97 Å². The van der Waals surface area contributed by atoms with Gasteiger partial charge in [-0.15, -0.1) is 0 Å². The van der Waals surface area contributed by atoms with E-state index in [9.17, 15) is 4.79 Å². The minimum Gasteiger partial charge on any atom is -0.508 e. The average Bonchev–Trinajstić information content (AvgIpc) is 2.64. The maximum Gasteiger partial charge on any atom is 0.337 e. The van der Waals surface area contributed by atoms with Crippen LogP contribution in [-0.4, -0.2) is 20.7 Å². The molecule has 2 N–H and O–H groups in total. The molecule has 0 amide bonds. The summed E-state index contributed by atoms with van der Waals surface area (Å²) in [4.78, 5) is 10.8. The number of hydrogen-bond donors (Lipinski definition) is 2. The molecule has 4 nitrogen and oxygen atoms in total. The normalized spacial score (nSPS) is 10.4. The summed E-state index contributed by atoms with van der Waals surface area (Å²) in [6.07, 6.45) is 1.57. The third-order valence-electron chi connectivity index (χ3n) is 2.38. The standard InChI is InChI=1S/C12H10BrNO3/c13-11-5-9(12(16)17)7-14(11)6-8-1-3-10(15)4-2-8/h1-5,7,15H,6H2,(H,16,17). The molecule has 5 heteroatoms. The summed E-state index contributed by atoms with van der Waals surface area (Å²) in [5.41, 5.74) is 1.23. The number of carboxylic acid groups (broad SMARTS) is 1. The molecule has 2 rings (SSSR count). The van der Waals surface area contributed by atoms with E-state index in [-0.39, 0.29) is 11.3 Å². The third-order valence-corrected chi connectivity index (χ3v) is 3.06. The van der Waals surface area contributed by atoms with Gasteiger partial charge in [-0.25, -0.2) is 4.79 Å². The smallest absolute Gasteiger partial charge is 0.337 e. The summed E-state index contributed by atoms with van der Waals surface area (Å²) in [7, 11) is 0. The SMILES string of the molecule is O=C(O)c1cc(Br)n(Cc2ccc(O)cc2)c1. The molecule has 1 aromatic carbocycles. The summed E-state index contributed by atoms with van der Waals surface area (Å²) in [5.74, 6) is -0.735. The summed E-state index contributed by atoms with van der Waals surface area (Å²) in [5, 5.41) is 18.0. The van der Waals surface area contributed by atoms with Crippen LogP contribution in [0.1, 0.15) is 15.9 Å². The molecule has 2 aromatic rings. The number of carboxylic acids is 1. The number of benzene rings is 1. The number of phenolic OH excluding ortho intramolecular Hbond substituents is 1. The molecule has 0 saturated carbocycles. The van der Waals surface area contributed by atoms with Crippen LogP contribution in [-0.2, 0) is 6.54 Å². The quantitative estimate of drug-likeness (QED) is 0.915. The van der Waals surface area contributed by atoms with Crippen LogP contribution in [0.25, 0.3) is 0 Å². The van der Waals surface area contributed by atoms with Crippen molar-refractivity contribution in [2.45, 2.75) is 6.54 Å². The van der Waals surface area contributed by atoms with Crippen molar-refractivity contribution in [2.24, 2.45) is 0 Å². The maximum atomic E-state index is 10.8. The van der Waals surface area contributed by atoms with Crippen molar-refractivity contribution in [1.82, 2.24) is 4.57 Å². The molecule has 0 atom stereocenters. The number of halogens is 1. The summed E-state index contributed by atoms with van der Waals surface area (Å²) < 4.78 is 2.50. The van der Waals surface area contributed by atoms with E-state index in [2.05, 4.69) is 15.9 Å². The molecule has 0 fully saturated rings. The van der Waals surface area contributed by atoms with Gasteiger partial charge in [-0.05, 0) is 39.7 Å². The van der Waals surface area contributed by atoms with Gasteiger partial charge in [-0.3, -0.25) is 0 Å². The molecular weight excluding hydrogens is 286 g/mol. The molecule has 1 heterocycles. The van der Waals surface area contributed by atoms with Gasteiger partial charge in [0.05, 0.1) is 10.2 Å². The lowest BCUT2D eigenvalue weighted by molar-refractivity contribution is 0.0697. The number of rotatable bonds is 3. The molecule has 17 heavy (non-hydrogen) atoms. The Balaban J connectivity index is 2.24. The van der Waals surface area contributed by atoms with Crippen molar-refractivity contribution >= 4 is 21.9 Å². The second-order valence-electron chi connectivity index (χ2n) is 3.65. The second-order valence-corrected chi connectivity index (χ2v) is 4.46. The van der Waals surface area contributed by atoms with Crippen molar-refractivity contribution < 1.29 is 15.0 Å². The van der Waals surface area contributed by atoms with Crippen LogP contribution < -0.4 is 0 Å². The molecule has 0 aliphatic heterocycles. The Morgan fingerprint density at radius 3 is 2.47 bits per heavy atom. The van der Waals surface area contributed by atoms with E-state index in [1.54, 1.807) is 41.1 Å². The van der Waals surface area contributed by atoms with Gasteiger partial charge in [0.1, 0.15) is 5.75 Å². The van der Waals surface area contributed by atoms with Gasteiger partial charge in [0, 0.05) is 12.7 Å². The Morgan fingerprint density at radius 1 is 1.29 bits per heavy atom. The number of hydrogen-bond acceptors (Lipinski definition) is 2. The topological polar surface area (TPSA) is 62.5 Å². The Morgan fingerprint density at radius 2 is 1.94 bits per heavy atom. The Kier molecular flexibility index (Phi) is 3.19. The number of nitrogens with zero attached hydrogens (tertiary/aromatic N) is 1. The lowest BCUT2D eigenvalue weighted by atomic mass is 10.2. The van der Waals surface area contributed by atoms with Crippen LogP contribution in [0.15, 0.2) is 41.1 Å². The molecule has 0 aliphatic carbocycles. The summed E-state index contributed by atoms with van der Waals surface area (Å²) in [6.45, 7) is 0.550. The molecule has 0 unspecified atom stereocenters. The molecule has 0 spiro atoms. The molecular formula is C12H10BrNO3. The zero-order valence-electron chi connectivity index (χ0n) is 8.80. The number of phenols is 1. The zero-order valence-corrected chi connectivity index (χ0v) is 10.4. The molecule has 88 valence electrons. The average molecular weight is 296 g/mol. The van der Waals surface area contributed by atoms with Crippen molar-refractivity contribution in [1.29, 1.82) is 0 Å². The van der Waals surface area contributed by atoms with E-state index < -0.39 is 5.97 Å². The first-order valence-corrected chi connectivity index (χ1v) is 5.72. The fraction of sp³-hybridized carbons (Fsp3) is 0.0833. The first kappa shape index (κ1) is 11.7. The van der Waals surface area contributed by atoms with Crippen molar-refractivity contribution in [3.8, 4) is 5.75 Å². The van der Waals surface area contributed by atoms with Gasteiger partial charge in [-0.2, -0.15) is 0 Å². The van der Waals surface area contributed by atoms with Crippen LogP contribution >= 0.6 is 15.9 Å². The fourth-order valence-corrected chi connectivity index (χ4v) is 1.99. The van der Waals surface area contributed by atoms with Crippen LogP contribution in [0.5, 0.6) is 5.75 Å². The monoisotopic (exact) mass is 295 g/mol. The summed E-state index contributed by atoms with van der Waals surface area (Å²) in [6, 6.07) is 8.35. The van der Waals surface area contributed by atoms with Crippen LogP contribution in [0.2, 0.25) is 0 Å². The highest BCUT2D eigenvalue weighted by Gasteiger charge is 2.09. The highest BCUT2D eigenvalue weighted by atomic mass is 79.9. The van der Waals surface area contributed by atoms with E-state index in [1.807, 2.05) is 0 Å². The molecule has 0 radical (unpaired) electrons. The van der Waals surface area contributed by atoms with E-state index >= 15 is 0 Å². The van der Waals surface area contributed by atoms with E-state index in [0.717, 1.165) is 5.56 Å². The maximum absolute atomic E-state index is 10.8. The number of carbonyl (C=O) groups is 1. The number of aromatic nitrogens is 1. The Bertz CT molecular complexity index is 545. The highest BCUT2D eigenvalue weighted by Crippen LogP contribution is 2.18. The minimum absolute atomic E-state index is 0.214. The highest BCUT2D eigenvalue weighted by molar-refractivity contribution is 9.10. The number of aromatic carboxylic acids is 1. The van der Waals surface area contributed by atoms with Crippen LogP contribution in [0.4, 0.5) is 0 Å². The number of aromatic hydroxyl groups is 1. The van der Waals surface area contributed by atoms with Crippen molar-refractivity contribution in [3.63, 3.8) is 0 Å². The van der Waals surface area contributed by atoms with E-state index in [1.165, 1.54) is 0 Å². The van der Waals surface area contributed by atoms with E-state index in [0.29, 0.717) is 11.1 Å². The Labute approximate surface area is 106 Å². The first-order chi connectivity index (χ1) is 8.06. The predicted octanol–water partition coefficient (Wildman–Crippen LogP) is 2.70. The van der Waals surface area contributed by atoms with Crippen molar-refractivity contribution in [2.75, 3.05) is 0 Å². The van der Waals surface area contributed by atoms with Crippen LogP contribution in [0.3, 0.4) is 0 Å². The largest absolute Gasteiger partial charge is 0.508 e. The van der Waals surface area contributed by atoms with Gasteiger partial charge in [0.25, 0.3) is 0 Å². The minimum atomic E-state index is -0.949.